The molecule has 4 nitrogen and oxygen atoms in total. The van der Waals surface area contributed by atoms with Gasteiger partial charge < -0.3 is 5.11 Å². The van der Waals surface area contributed by atoms with Gasteiger partial charge in [0.15, 0.2) is 0 Å². The fraction of sp³-hybridized carbons (Fsp3) is 0.474. The molecule has 3 rings (SSSR count). The van der Waals surface area contributed by atoms with Crippen LogP contribution in [0.3, 0.4) is 0 Å². The van der Waals surface area contributed by atoms with E-state index in [9.17, 15) is 5.11 Å². The number of hydrogen-bond donors (Lipinski definition) is 1. The Morgan fingerprint density at radius 2 is 2.17 bits per heavy atom. The third-order valence-corrected chi connectivity index (χ3v) is 5.14. The molecule has 1 aliphatic carbocycles. The molecule has 1 heterocycles. The molecule has 23 heavy (non-hydrogen) atoms. The van der Waals surface area contributed by atoms with E-state index in [0.717, 1.165) is 30.4 Å². The highest BCUT2D eigenvalue weighted by Crippen LogP contribution is 2.48. The molecular weight excluding hydrogens is 286 g/mol. The quantitative estimate of drug-likeness (QED) is 0.942. The Hall–Kier alpha value is -1.94. The van der Waals surface area contributed by atoms with Crippen LogP contribution in [-0.2, 0) is 6.54 Å². The maximum Gasteiger partial charge on any atom is 0.137 e. The maximum atomic E-state index is 11.6. The van der Waals surface area contributed by atoms with Crippen molar-refractivity contribution in [2.75, 3.05) is 0 Å². The van der Waals surface area contributed by atoms with Crippen LogP contribution in [0.1, 0.15) is 44.2 Å². The fourth-order valence-electron chi connectivity index (χ4n) is 3.59. The molecule has 1 atom stereocenters. The molecule has 4 heteroatoms. The predicted molar refractivity (Wildman–Crippen MR) is 91.8 cm³/mol. The highest BCUT2D eigenvalue weighted by Gasteiger charge is 2.48. The van der Waals surface area contributed by atoms with E-state index in [4.69, 9.17) is 0 Å². The first kappa shape index (κ1) is 15.9. The molecule has 1 aliphatic rings. The molecule has 0 saturated heterocycles. The number of hydrogen-bond acceptors (Lipinski definition) is 3. The van der Waals surface area contributed by atoms with E-state index in [1.807, 2.05) is 0 Å². The van der Waals surface area contributed by atoms with Crippen molar-refractivity contribution in [1.82, 2.24) is 14.8 Å². The summed E-state index contributed by atoms with van der Waals surface area (Å²) in [7, 11) is 0. The minimum atomic E-state index is -0.914. The van der Waals surface area contributed by atoms with Crippen molar-refractivity contribution in [2.45, 2.75) is 52.2 Å². The number of aromatic nitrogens is 3. The Morgan fingerprint density at radius 3 is 2.87 bits per heavy atom. The first-order valence-corrected chi connectivity index (χ1v) is 8.23. The lowest BCUT2D eigenvalue weighted by Gasteiger charge is -2.48. The molecule has 2 aromatic rings. The molecule has 1 N–H and O–H groups in total. The van der Waals surface area contributed by atoms with Gasteiger partial charge in [-0.05, 0) is 42.7 Å². The monoisotopic (exact) mass is 311 g/mol. The van der Waals surface area contributed by atoms with Gasteiger partial charge in [0.25, 0.3) is 0 Å². The number of nitrogens with zero attached hydrogens (tertiary/aromatic N) is 3. The molecule has 122 valence electrons. The van der Waals surface area contributed by atoms with Crippen LogP contribution in [0.4, 0.5) is 0 Å². The van der Waals surface area contributed by atoms with Crippen LogP contribution in [0, 0.1) is 12.3 Å². The summed E-state index contributed by atoms with van der Waals surface area (Å²) in [6.45, 7) is 6.83. The van der Waals surface area contributed by atoms with Crippen molar-refractivity contribution >= 4 is 6.08 Å². The second kappa shape index (κ2) is 5.93. The van der Waals surface area contributed by atoms with Crippen LogP contribution in [0.2, 0.25) is 0 Å². The molecule has 0 bridgehead atoms. The van der Waals surface area contributed by atoms with Crippen LogP contribution in [0.5, 0.6) is 0 Å². The van der Waals surface area contributed by atoms with E-state index in [-0.39, 0.29) is 5.41 Å². The highest BCUT2D eigenvalue weighted by atomic mass is 16.3. The third-order valence-electron chi connectivity index (χ3n) is 5.14. The molecule has 0 aliphatic heterocycles. The SMILES string of the molecule is Cc1cccc(C=C2CCCC(C)(C)C2(O)Cn2cncn2)c1. The average Bonchev–Trinajstić information content (AvgIpc) is 2.97. The zero-order valence-electron chi connectivity index (χ0n) is 14.2. The molecule has 1 aromatic carbocycles. The van der Waals surface area contributed by atoms with Crippen LogP contribution >= 0.6 is 0 Å². The Balaban J connectivity index is 2.02. The smallest absolute Gasteiger partial charge is 0.137 e. The van der Waals surface area contributed by atoms with Gasteiger partial charge in [0.2, 0.25) is 0 Å². The Kier molecular flexibility index (Phi) is 4.11. The second-order valence-corrected chi connectivity index (χ2v) is 7.27. The molecule has 1 unspecified atom stereocenters. The van der Waals surface area contributed by atoms with E-state index in [1.165, 1.54) is 11.9 Å². The van der Waals surface area contributed by atoms with Gasteiger partial charge in [-0.3, -0.25) is 0 Å². The minimum Gasteiger partial charge on any atom is -0.383 e. The molecule has 1 fully saturated rings. The summed E-state index contributed by atoms with van der Waals surface area (Å²) in [5.41, 5.74) is 2.36. The van der Waals surface area contributed by atoms with Gasteiger partial charge in [0.1, 0.15) is 18.3 Å². The number of benzene rings is 1. The molecule has 0 radical (unpaired) electrons. The van der Waals surface area contributed by atoms with Crippen molar-refractivity contribution < 1.29 is 5.11 Å². The van der Waals surface area contributed by atoms with Crippen molar-refractivity contribution in [1.29, 1.82) is 0 Å². The molecule has 0 spiro atoms. The van der Waals surface area contributed by atoms with Gasteiger partial charge in [0, 0.05) is 0 Å². The number of aryl methyl sites for hydroxylation is 1. The number of rotatable bonds is 3. The Bertz CT molecular complexity index is 703. The van der Waals surface area contributed by atoms with E-state index in [0.29, 0.717) is 6.54 Å². The van der Waals surface area contributed by atoms with Gasteiger partial charge in [-0.2, -0.15) is 5.10 Å². The zero-order valence-corrected chi connectivity index (χ0v) is 14.2. The highest BCUT2D eigenvalue weighted by molar-refractivity contribution is 5.56. The van der Waals surface area contributed by atoms with Gasteiger partial charge in [-0.15, -0.1) is 0 Å². The largest absolute Gasteiger partial charge is 0.383 e. The van der Waals surface area contributed by atoms with Crippen molar-refractivity contribution in [3.05, 3.63) is 53.6 Å². The summed E-state index contributed by atoms with van der Waals surface area (Å²) in [6.07, 6.45) is 8.37. The van der Waals surface area contributed by atoms with Crippen LogP contribution in [0.25, 0.3) is 6.08 Å². The Morgan fingerprint density at radius 1 is 1.35 bits per heavy atom. The average molecular weight is 311 g/mol. The van der Waals surface area contributed by atoms with Gasteiger partial charge in [0.05, 0.1) is 6.54 Å². The van der Waals surface area contributed by atoms with Crippen LogP contribution in [0.15, 0.2) is 42.5 Å². The van der Waals surface area contributed by atoms with Crippen LogP contribution in [-0.4, -0.2) is 25.5 Å². The third kappa shape index (κ3) is 3.08. The fourth-order valence-corrected chi connectivity index (χ4v) is 3.59. The van der Waals surface area contributed by atoms with Crippen LogP contribution < -0.4 is 0 Å². The minimum absolute atomic E-state index is 0.202. The molecule has 1 saturated carbocycles. The van der Waals surface area contributed by atoms with Gasteiger partial charge in [-0.25, -0.2) is 9.67 Å². The molecule has 0 amide bonds. The first-order chi connectivity index (χ1) is 10.9. The second-order valence-electron chi connectivity index (χ2n) is 7.27. The van der Waals surface area contributed by atoms with Crippen molar-refractivity contribution in [3.8, 4) is 0 Å². The lowest BCUT2D eigenvalue weighted by molar-refractivity contribution is -0.0692. The van der Waals surface area contributed by atoms with Crippen molar-refractivity contribution in [2.24, 2.45) is 5.41 Å². The van der Waals surface area contributed by atoms with E-state index in [2.05, 4.69) is 61.2 Å². The van der Waals surface area contributed by atoms with Gasteiger partial charge >= 0.3 is 0 Å². The zero-order chi connectivity index (χ0) is 16.5. The summed E-state index contributed by atoms with van der Waals surface area (Å²) >= 11 is 0. The van der Waals surface area contributed by atoms with E-state index < -0.39 is 5.60 Å². The first-order valence-electron chi connectivity index (χ1n) is 8.23. The summed E-state index contributed by atoms with van der Waals surface area (Å²) in [6, 6.07) is 8.41. The summed E-state index contributed by atoms with van der Waals surface area (Å²) in [5, 5.41) is 15.8. The van der Waals surface area contributed by atoms with E-state index in [1.54, 1.807) is 11.0 Å². The number of aliphatic hydroxyl groups is 1. The lowest BCUT2D eigenvalue weighted by atomic mass is 9.62. The lowest BCUT2D eigenvalue weighted by Crippen LogP contribution is -2.52. The molecular formula is C19H25N3O. The summed E-state index contributed by atoms with van der Waals surface area (Å²) in [4.78, 5) is 4.01. The summed E-state index contributed by atoms with van der Waals surface area (Å²) < 4.78 is 1.73. The Labute approximate surface area is 137 Å². The summed E-state index contributed by atoms with van der Waals surface area (Å²) in [5.74, 6) is 0. The van der Waals surface area contributed by atoms with Crippen molar-refractivity contribution in [3.63, 3.8) is 0 Å². The predicted octanol–water partition coefficient (Wildman–Crippen LogP) is 3.61. The van der Waals surface area contributed by atoms with E-state index >= 15 is 0 Å². The van der Waals surface area contributed by atoms with Gasteiger partial charge in [-0.1, -0.05) is 49.8 Å². The standard InChI is InChI=1S/C19H25N3O/c1-15-6-4-7-16(10-15)11-17-8-5-9-18(2,3)19(17,23)12-22-14-20-13-21-22/h4,6-7,10-11,13-14,23H,5,8-9,12H2,1-3H3. The normalized spacial score (nSPS) is 25.7. The molecule has 1 aromatic heterocycles. The maximum absolute atomic E-state index is 11.6. The topological polar surface area (TPSA) is 50.9 Å².